The van der Waals surface area contributed by atoms with Crippen LogP contribution in [0.2, 0.25) is 0 Å². The Bertz CT molecular complexity index is 1070. The lowest BCUT2D eigenvalue weighted by atomic mass is 10.1. The number of ether oxygens (including phenoxy) is 1. The largest absolute Gasteiger partial charge is 0.453 e. The molecule has 2 N–H and O–H groups in total. The van der Waals surface area contributed by atoms with E-state index in [1.165, 1.54) is 5.06 Å². The number of hydrogen-bond acceptors (Lipinski definition) is 8. The second kappa shape index (κ2) is 6.64. The zero-order valence-electron chi connectivity index (χ0n) is 17.5. The van der Waals surface area contributed by atoms with Gasteiger partial charge in [-0.15, -0.1) is 0 Å². The monoisotopic (exact) mass is 412 g/mol. The molecule has 4 rings (SSSR count). The fraction of sp³-hybridized carbons (Fsp3) is 0.400. The van der Waals surface area contributed by atoms with E-state index in [9.17, 15) is 9.59 Å². The van der Waals surface area contributed by atoms with Gasteiger partial charge in [0, 0.05) is 14.1 Å². The number of para-hydroxylation sites is 1. The van der Waals surface area contributed by atoms with Crippen molar-refractivity contribution in [1.82, 2.24) is 19.5 Å². The van der Waals surface area contributed by atoms with Gasteiger partial charge in [-0.05, 0) is 32.9 Å². The van der Waals surface area contributed by atoms with Gasteiger partial charge in [-0.2, -0.15) is 4.99 Å². The number of imidazole rings is 1. The van der Waals surface area contributed by atoms with Gasteiger partial charge in [-0.25, -0.2) is 9.78 Å². The Morgan fingerprint density at radius 3 is 2.67 bits per heavy atom. The molecule has 1 amide bonds. The molecule has 0 fully saturated rings. The van der Waals surface area contributed by atoms with E-state index in [0.29, 0.717) is 22.6 Å². The van der Waals surface area contributed by atoms with Gasteiger partial charge in [0.15, 0.2) is 0 Å². The first-order chi connectivity index (χ1) is 14.0. The van der Waals surface area contributed by atoms with Crippen molar-refractivity contribution < 1.29 is 19.2 Å². The molecule has 0 radical (unpaired) electrons. The number of aromatic nitrogens is 2. The summed E-state index contributed by atoms with van der Waals surface area (Å²) in [6, 6.07) is 7.27. The number of carbonyl (C=O) groups excluding carboxylic acids is 2. The third kappa shape index (κ3) is 3.14. The molecule has 10 nitrogen and oxygen atoms in total. The molecule has 30 heavy (non-hydrogen) atoms. The number of hydrogen-bond donors (Lipinski definition) is 1. The van der Waals surface area contributed by atoms with Crippen LogP contribution >= 0.6 is 0 Å². The summed E-state index contributed by atoms with van der Waals surface area (Å²) in [5.41, 5.74) is 8.15. The topological polar surface area (TPSA) is 115 Å². The lowest BCUT2D eigenvalue weighted by Crippen LogP contribution is -2.47. The van der Waals surface area contributed by atoms with Gasteiger partial charge < -0.3 is 19.0 Å². The number of hydroxylamine groups is 2. The average Bonchev–Trinajstić information content (AvgIpc) is 3.19. The van der Waals surface area contributed by atoms with Gasteiger partial charge in [0.2, 0.25) is 5.79 Å². The van der Waals surface area contributed by atoms with Crippen LogP contribution < -0.4 is 5.73 Å². The first-order valence-electron chi connectivity index (χ1n) is 9.47. The molecule has 0 aliphatic carbocycles. The molecule has 0 bridgehead atoms. The van der Waals surface area contributed by atoms with Crippen molar-refractivity contribution in [1.29, 1.82) is 0 Å². The summed E-state index contributed by atoms with van der Waals surface area (Å²) in [5.74, 6) is -2.64. The molecule has 3 heterocycles. The summed E-state index contributed by atoms with van der Waals surface area (Å²) in [4.78, 5) is 41.1. The normalized spacial score (nSPS) is 21.5. The molecule has 1 atom stereocenters. The Hall–Kier alpha value is -3.24. The highest BCUT2D eigenvalue weighted by Crippen LogP contribution is 2.34. The van der Waals surface area contributed by atoms with E-state index in [4.69, 9.17) is 15.3 Å². The number of carbonyl (C=O) groups is 2. The maximum Gasteiger partial charge on any atom is 0.396 e. The Balaban J connectivity index is 1.80. The lowest BCUT2D eigenvalue weighted by molar-refractivity contribution is -0.154. The Morgan fingerprint density at radius 1 is 1.27 bits per heavy atom. The maximum atomic E-state index is 12.8. The fourth-order valence-electron chi connectivity index (χ4n) is 3.46. The molecule has 2 aliphatic heterocycles. The van der Waals surface area contributed by atoms with Crippen molar-refractivity contribution in [2.75, 3.05) is 14.1 Å². The summed E-state index contributed by atoms with van der Waals surface area (Å²) in [5, 5.41) is 1.26. The maximum absolute atomic E-state index is 12.8. The van der Waals surface area contributed by atoms with E-state index in [1.807, 2.05) is 22.8 Å². The molecule has 0 saturated heterocycles. The highest BCUT2D eigenvalue weighted by Gasteiger charge is 2.47. The van der Waals surface area contributed by atoms with E-state index >= 15 is 0 Å². The zero-order valence-corrected chi connectivity index (χ0v) is 17.5. The second-order valence-electron chi connectivity index (χ2n) is 8.32. The smallest absolute Gasteiger partial charge is 0.396 e. The summed E-state index contributed by atoms with van der Waals surface area (Å²) >= 11 is 0. The summed E-state index contributed by atoms with van der Waals surface area (Å²) in [6.07, 6.45) is 1.60. The van der Waals surface area contributed by atoms with Gasteiger partial charge in [0.25, 0.3) is 5.91 Å². The zero-order chi connectivity index (χ0) is 21.8. The predicted molar refractivity (Wildman–Crippen MR) is 107 cm³/mol. The standard InChI is InChI=1S/C20H24N6O4/c1-19(2,3)29-18(28)16-23-20(21,25(5)30-16)15-14-10-24(4)17(27)12-8-6-7-9-13(12)26(14)11-22-15/h6-9,11H,10,21H2,1-5H3. The molecular weight excluding hydrogens is 388 g/mol. The molecule has 2 aromatic rings. The van der Waals surface area contributed by atoms with Crippen molar-refractivity contribution in [3.8, 4) is 5.69 Å². The van der Waals surface area contributed by atoms with Crippen molar-refractivity contribution in [2.24, 2.45) is 10.7 Å². The van der Waals surface area contributed by atoms with Gasteiger partial charge in [0.1, 0.15) is 17.6 Å². The van der Waals surface area contributed by atoms with Crippen LogP contribution in [0.4, 0.5) is 0 Å². The molecular formula is C20H24N6O4. The Kier molecular flexibility index (Phi) is 4.44. The van der Waals surface area contributed by atoms with Crippen LogP contribution in [0.3, 0.4) is 0 Å². The summed E-state index contributed by atoms with van der Waals surface area (Å²) in [6.45, 7) is 5.51. The van der Waals surface area contributed by atoms with Crippen LogP contribution in [-0.2, 0) is 26.7 Å². The second-order valence-corrected chi connectivity index (χ2v) is 8.32. The molecule has 0 saturated carbocycles. The van der Waals surface area contributed by atoms with Crippen LogP contribution in [0.5, 0.6) is 0 Å². The number of amides is 1. The highest BCUT2D eigenvalue weighted by molar-refractivity contribution is 6.33. The van der Waals surface area contributed by atoms with Crippen LogP contribution in [0.25, 0.3) is 5.69 Å². The Labute approximate surface area is 173 Å². The number of benzene rings is 1. The first kappa shape index (κ1) is 20.0. The number of nitrogens with zero attached hydrogens (tertiary/aromatic N) is 5. The molecule has 2 aliphatic rings. The number of fused-ring (bicyclic) bond motifs is 3. The number of nitrogens with two attached hydrogens (primary N) is 1. The summed E-state index contributed by atoms with van der Waals surface area (Å²) < 4.78 is 7.15. The van der Waals surface area contributed by atoms with Gasteiger partial charge in [-0.1, -0.05) is 17.2 Å². The molecule has 158 valence electrons. The van der Waals surface area contributed by atoms with Crippen LogP contribution in [0.1, 0.15) is 42.5 Å². The van der Waals surface area contributed by atoms with Gasteiger partial charge in [-0.3, -0.25) is 10.5 Å². The number of esters is 1. The first-order valence-corrected chi connectivity index (χ1v) is 9.47. The van der Waals surface area contributed by atoms with Crippen molar-refractivity contribution >= 4 is 17.8 Å². The van der Waals surface area contributed by atoms with E-state index in [-0.39, 0.29) is 18.3 Å². The quantitative estimate of drug-likeness (QED) is 0.736. The highest BCUT2D eigenvalue weighted by atomic mass is 16.7. The van der Waals surface area contributed by atoms with Crippen LogP contribution in [0, 0.1) is 0 Å². The molecule has 10 heteroatoms. The van der Waals surface area contributed by atoms with Crippen LogP contribution in [0.15, 0.2) is 35.6 Å². The molecule has 1 aromatic carbocycles. The predicted octanol–water partition coefficient (Wildman–Crippen LogP) is 1.14. The summed E-state index contributed by atoms with van der Waals surface area (Å²) in [7, 11) is 3.27. The van der Waals surface area contributed by atoms with Crippen molar-refractivity contribution in [3.63, 3.8) is 0 Å². The van der Waals surface area contributed by atoms with E-state index in [2.05, 4.69) is 9.98 Å². The van der Waals surface area contributed by atoms with Crippen LogP contribution in [-0.4, -0.2) is 57.0 Å². The molecule has 1 unspecified atom stereocenters. The molecule has 0 spiro atoms. The number of aliphatic imine (C=N–C) groups is 1. The van der Waals surface area contributed by atoms with E-state index in [0.717, 1.165) is 0 Å². The third-order valence-corrected chi connectivity index (χ3v) is 4.89. The van der Waals surface area contributed by atoms with Crippen molar-refractivity contribution in [3.05, 3.63) is 47.5 Å². The van der Waals surface area contributed by atoms with Crippen molar-refractivity contribution in [2.45, 2.75) is 38.7 Å². The van der Waals surface area contributed by atoms with Gasteiger partial charge >= 0.3 is 11.9 Å². The lowest BCUT2D eigenvalue weighted by Gasteiger charge is -2.26. The van der Waals surface area contributed by atoms with Gasteiger partial charge in [0.05, 0.1) is 23.5 Å². The third-order valence-electron chi connectivity index (χ3n) is 4.89. The van der Waals surface area contributed by atoms with E-state index < -0.39 is 17.4 Å². The minimum Gasteiger partial charge on any atom is -0.453 e. The average molecular weight is 412 g/mol. The molecule has 1 aromatic heterocycles. The SMILES string of the molecule is CN1Cc2c(C3(N)N=C(C(=O)OC(C)(C)C)ON3C)ncn2-c2ccccc2C1=O. The minimum atomic E-state index is -1.56. The number of rotatable bonds is 2. The minimum absolute atomic E-state index is 0.111. The van der Waals surface area contributed by atoms with E-state index in [1.54, 1.807) is 52.2 Å². The fourth-order valence-corrected chi connectivity index (χ4v) is 3.46. The Morgan fingerprint density at radius 2 is 1.97 bits per heavy atom.